The fourth-order valence-electron chi connectivity index (χ4n) is 5.90. The lowest BCUT2D eigenvalue weighted by molar-refractivity contribution is -0.199. The number of ether oxygens (including phenoxy) is 4. The van der Waals surface area contributed by atoms with Crippen LogP contribution in [0.1, 0.15) is 52.7 Å². The topological polar surface area (TPSA) is 135 Å². The summed E-state index contributed by atoms with van der Waals surface area (Å²) >= 11 is 0. The van der Waals surface area contributed by atoms with Crippen LogP contribution in [0.25, 0.3) is 10.4 Å². The highest BCUT2D eigenvalue weighted by Crippen LogP contribution is 2.45. The molecule has 0 fully saturated rings. The van der Waals surface area contributed by atoms with Gasteiger partial charge >= 0.3 is 0 Å². The van der Waals surface area contributed by atoms with Crippen molar-refractivity contribution in [3.63, 3.8) is 0 Å². The third-order valence-electron chi connectivity index (χ3n) is 8.04. The van der Waals surface area contributed by atoms with E-state index in [1.807, 2.05) is 54.6 Å². The Hall–Kier alpha value is -2.73. The third-order valence-corrected chi connectivity index (χ3v) is 14.1. The van der Waals surface area contributed by atoms with Crippen LogP contribution < -0.4 is 4.74 Å². The maximum absolute atomic E-state index is 11.8. The van der Waals surface area contributed by atoms with E-state index in [0.29, 0.717) is 5.75 Å². The van der Waals surface area contributed by atoms with Crippen molar-refractivity contribution in [2.24, 2.45) is 5.11 Å². The van der Waals surface area contributed by atoms with E-state index in [4.69, 9.17) is 23.4 Å². The van der Waals surface area contributed by atoms with Crippen molar-refractivity contribution in [3.8, 4) is 5.75 Å². The molecule has 0 unspecified atom stereocenters. The fourth-order valence-corrected chi connectivity index (χ4v) is 11.5. The standard InChI is InChI=1S/C33H51N3O7Si/c1-9-19-40-22-30(41-20-27-13-11-10-12-14-27)31(42-21-28-15-17-29(39-8)18-16-28)32(33(38,23-37)35-36-34)43-44(24(2)3,25(4)5)26(6)7/h9-18,24-26,30-32,37-38H,1,19-23H2,2-8H3/t30-,31-,32+,33+/m1/s1. The lowest BCUT2D eigenvalue weighted by Gasteiger charge is -2.49. The second-order valence-electron chi connectivity index (χ2n) is 11.9. The summed E-state index contributed by atoms with van der Waals surface area (Å²) in [6.45, 7) is 16.2. The van der Waals surface area contributed by atoms with Gasteiger partial charge in [-0.25, -0.2) is 0 Å². The Kier molecular flexibility index (Phi) is 15.6. The quantitative estimate of drug-likeness (QED) is 0.0382. The van der Waals surface area contributed by atoms with Gasteiger partial charge in [0.05, 0.1) is 40.1 Å². The average Bonchev–Trinajstić information content (AvgIpc) is 3.01. The summed E-state index contributed by atoms with van der Waals surface area (Å²) < 4.78 is 31.4. The highest BCUT2D eigenvalue weighted by molar-refractivity contribution is 6.77. The van der Waals surface area contributed by atoms with Crippen LogP contribution in [0, 0.1) is 0 Å². The summed E-state index contributed by atoms with van der Waals surface area (Å²) in [6, 6.07) is 17.1. The van der Waals surface area contributed by atoms with E-state index < -0.39 is 39.0 Å². The minimum Gasteiger partial charge on any atom is -0.497 e. The van der Waals surface area contributed by atoms with Gasteiger partial charge in [0.15, 0.2) is 5.72 Å². The summed E-state index contributed by atoms with van der Waals surface area (Å²) in [5.41, 5.74) is 9.27. The van der Waals surface area contributed by atoms with E-state index in [1.165, 1.54) is 0 Å². The SMILES string of the molecule is C=CCOC[C@@H](OCc1ccccc1)[C@@H](OCc1ccc(OC)cc1)[C@H](O[Si](C(C)C)(C(C)C)C(C)C)[C@@](O)(CO)N=[N+]=[N-]. The van der Waals surface area contributed by atoms with Gasteiger partial charge in [-0.15, -0.1) is 6.58 Å². The van der Waals surface area contributed by atoms with Crippen LogP contribution in [0.3, 0.4) is 0 Å². The molecule has 11 heteroatoms. The van der Waals surface area contributed by atoms with Crippen molar-refractivity contribution in [1.29, 1.82) is 0 Å². The fraction of sp³-hybridized carbons (Fsp3) is 0.576. The van der Waals surface area contributed by atoms with E-state index in [1.54, 1.807) is 13.2 Å². The highest BCUT2D eigenvalue weighted by atomic mass is 28.4. The first-order valence-electron chi connectivity index (χ1n) is 15.1. The Balaban J connectivity index is 2.72. The molecule has 0 aliphatic heterocycles. The Morgan fingerprint density at radius 1 is 0.932 bits per heavy atom. The van der Waals surface area contributed by atoms with Gasteiger partial charge in [-0.05, 0) is 45.4 Å². The number of benzene rings is 2. The average molecular weight is 630 g/mol. The summed E-state index contributed by atoms with van der Waals surface area (Å²) in [4.78, 5) is 2.91. The number of azide groups is 1. The number of rotatable bonds is 21. The minimum atomic E-state index is -2.76. The number of nitrogens with zero attached hydrogens (tertiary/aromatic N) is 3. The Bertz CT molecular complexity index is 1140. The molecule has 0 bridgehead atoms. The maximum Gasteiger partial charge on any atom is 0.201 e. The molecule has 0 heterocycles. The summed E-state index contributed by atoms with van der Waals surface area (Å²) in [6.07, 6.45) is -1.50. The second kappa shape index (κ2) is 18.3. The molecule has 2 aromatic rings. The summed E-state index contributed by atoms with van der Waals surface area (Å²) in [5, 5.41) is 26.1. The van der Waals surface area contributed by atoms with Gasteiger partial charge in [0.2, 0.25) is 8.32 Å². The molecular formula is C33H51N3O7Si. The number of aliphatic hydroxyl groups excluding tert-OH is 1. The zero-order valence-electron chi connectivity index (χ0n) is 27.3. The Morgan fingerprint density at radius 2 is 1.50 bits per heavy atom. The van der Waals surface area contributed by atoms with E-state index >= 15 is 0 Å². The number of aliphatic hydroxyl groups is 2. The molecule has 0 aliphatic carbocycles. The first-order chi connectivity index (χ1) is 21.0. The summed E-state index contributed by atoms with van der Waals surface area (Å²) in [7, 11) is -1.17. The molecule has 10 nitrogen and oxygen atoms in total. The molecular weight excluding hydrogens is 578 g/mol. The van der Waals surface area contributed by atoms with Gasteiger partial charge < -0.3 is 33.6 Å². The van der Waals surface area contributed by atoms with Crippen LogP contribution in [0.15, 0.2) is 72.4 Å². The first kappa shape index (κ1) is 37.5. The largest absolute Gasteiger partial charge is 0.497 e. The molecule has 0 saturated heterocycles. The van der Waals surface area contributed by atoms with Crippen molar-refractivity contribution >= 4 is 8.32 Å². The lowest BCUT2D eigenvalue weighted by atomic mass is 9.98. The van der Waals surface area contributed by atoms with Crippen molar-refractivity contribution in [2.45, 2.75) is 95.4 Å². The van der Waals surface area contributed by atoms with Gasteiger partial charge in [0.25, 0.3) is 0 Å². The van der Waals surface area contributed by atoms with Crippen LogP contribution in [0.5, 0.6) is 5.75 Å². The molecule has 2 aromatic carbocycles. The van der Waals surface area contributed by atoms with E-state index in [9.17, 15) is 15.7 Å². The predicted molar refractivity (Wildman–Crippen MR) is 175 cm³/mol. The zero-order chi connectivity index (χ0) is 32.8. The van der Waals surface area contributed by atoms with Crippen LogP contribution >= 0.6 is 0 Å². The first-order valence-corrected chi connectivity index (χ1v) is 17.3. The molecule has 244 valence electrons. The molecule has 0 spiro atoms. The van der Waals surface area contributed by atoms with Crippen LogP contribution in [-0.2, 0) is 31.9 Å². The maximum atomic E-state index is 11.8. The van der Waals surface area contributed by atoms with Gasteiger partial charge in [-0.2, -0.15) is 0 Å². The van der Waals surface area contributed by atoms with Crippen LogP contribution in [-0.4, -0.2) is 69.5 Å². The monoisotopic (exact) mass is 629 g/mol. The molecule has 4 atom stereocenters. The predicted octanol–water partition coefficient (Wildman–Crippen LogP) is 6.92. The van der Waals surface area contributed by atoms with E-state index in [2.05, 4.69) is 58.1 Å². The van der Waals surface area contributed by atoms with Crippen molar-refractivity contribution in [3.05, 3.63) is 88.8 Å². The molecule has 0 aromatic heterocycles. The summed E-state index contributed by atoms with van der Waals surface area (Å²) in [5.74, 6) is 0.702. The molecule has 0 aliphatic rings. The van der Waals surface area contributed by atoms with E-state index in [-0.39, 0.29) is 43.1 Å². The molecule has 0 radical (unpaired) electrons. The Morgan fingerprint density at radius 3 is 2.00 bits per heavy atom. The van der Waals surface area contributed by atoms with Gasteiger partial charge in [-0.3, -0.25) is 0 Å². The van der Waals surface area contributed by atoms with Gasteiger partial charge in [0.1, 0.15) is 24.1 Å². The molecule has 44 heavy (non-hydrogen) atoms. The molecule has 0 saturated carbocycles. The number of hydrogen-bond acceptors (Lipinski definition) is 8. The second-order valence-corrected chi connectivity index (χ2v) is 17.3. The van der Waals surface area contributed by atoms with Crippen molar-refractivity contribution < 1.29 is 33.6 Å². The van der Waals surface area contributed by atoms with Gasteiger partial charge in [0, 0.05) is 4.91 Å². The molecule has 2 rings (SSSR count). The Labute approximate surface area is 263 Å². The van der Waals surface area contributed by atoms with Crippen molar-refractivity contribution in [2.75, 3.05) is 26.9 Å². The highest BCUT2D eigenvalue weighted by Gasteiger charge is 2.54. The number of hydrogen-bond donors (Lipinski definition) is 2. The lowest BCUT2D eigenvalue weighted by Crippen LogP contribution is -2.63. The van der Waals surface area contributed by atoms with Crippen molar-refractivity contribution in [1.82, 2.24) is 0 Å². The zero-order valence-corrected chi connectivity index (χ0v) is 28.3. The minimum absolute atomic E-state index is 0.0589. The van der Waals surface area contributed by atoms with Crippen LogP contribution in [0.4, 0.5) is 0 Å². The smallest absolute Gasteiger partial charge is 0.201 e. The number of methoxy groups -OCH3 is 1. The third kappa shape index (κ3) is 9.89. The van der Waals surface area contributed by atoms with E-state index in [0.717, 1.165) is 11.1 Å². The molecule has 2 N–H and O–H groups in total. The van der Waals surface area contributed by atoms with Crippen LogP contribution in [0.2, 0.25) is 16.6 Å². The molecule has 0 amide bonds. The normalized spacial score (nSPS) is 15.5. The van der Waals surface area contributed by atoms with Gasteiger partial charge in [-0.1, -0.05) is 95.2 Å².